The lowest BCUT2D eigenvalue weighted by Gasteiger charge is -2.39. The Morgan fingerprint density at radius 3 is 2.38 bits per heavy atom. The zero-order chi connectivity index (χ0) is 18.1. The van der Waals surface area contributed by atoms with Gasteiger partial charge in [-0.15, -0.1) is 0 Å². The van der Waals surface area contributed by atoms with Crippen LogP contribution in [0.15, 0.2) is 6.20 Å². The summed E-state index contributed by atoms with van der Waals surface area (Å²) in [7, 11) is 1.38. The van der Waals surface area contributed by atoms with Crippen LogP contribution in [-0.4, -0.2) is 21.7 Å². The molecule has 1 amide bonds. The van der Waals surface area contributed by atoms with Crippen LogP contribution in [0.1, 0.15) is 68.9 Å². The monoisotopic (exact) mass is 345 g/mol. The van der Waals surface area contributed by atoms with E-state index in [1.807, 2.05) is 0 Å². The third-order valence-corrected chi connectivity index (χ3v) is 5.42. The van der Waals surface area contributed by atoms with Gasteiger partial charge in [0.15, 0.2) is 5.69 Å². The second-order valence-corrected chi connectivity index (χ2v) is 7.43. The normalized spacial score (nSPS) is 22.5. The second-order valence-electron chi connectivity index (χ2n) is 7.43. The van der Waals surface area contributed by atoms with Gasteiger partial charge in [0.1, 0.15) is 0 Å². The topological polar surface area (TPSA) is 46.9 Å². The van der Waals surface area contributed by atoms with Gasteiger partial charge in [0.25, 0.3) is 5.91 Å². The van der Waals surface area contributed by atoms with E-state index in [9.17, 15) is 18.0 Å². The molecule has 24 heavy (non-hydrogen) atoms. The van der Waals surface area contributed by atoms with Crippen molar-refractivity contribution < 1.29 is 18.0 Å². The Labute approximate surface area is 140 Å². The van der Waals surface area contributed by atoms with Gasteiger partial charge in [0.05, 0.1) is 5.56 Å². The van der Waals surface area contributed by atoms with Crippen LogP contribution in [0.5, 0.6) is 0 Å². The van der Waals surface area contributed by atoms with Crippen molar-refractivity contribution in [2.24, 2.45) is 18.4 Å². The number of rotatable bonds is 4. The van der Waals surface area contributed by atoms with Crippen molar-refractivity contribution >= 4 is 5.91 Å². The average Bonchev–Trinajstić information content (AvgIpc) is 2.90. The molecule has 1 N–H and O–H groups in total. The number of hydrogen-bond donors (Lipinski definition) is 1. The van der Waals surface area contributed by atoms with Crippen molar-refractivity contribution in [3.8, 4) is 0 Å². The molecule has 1 saturated carbocycles. The fourth-order valence-corrected chi connectivity index (χ4v) is 3.44. The van der Waals surface area contributed by atoms with Crippen molar-refractivity contribution in [3.63, 3.8) is 0 Å². The number of halogens is 3. The van der Waals surface area contributed by atoms with E-state index in [0.29, 0.717) is 5.92 Å². The SMILES string of the molecule is CCC(C)(C)C1CCC(NC(=O)c2cn(C)nc2C(F)(F)F)CC1. The van der Waals surface area contributed by atoms with Crippen LogP contribution >= 0.6 is 0 Å². The fourth-order valence-electron chi connectivity index (χ4n) is 3.44. The van der Waals surface area contributed by atoms with Crippen LogP contribution in [0.3, 0.4) is 0 Å². The fraction of sp³-hybridized carbons (Fsp3) is 0.765. The summed E-state index contributed by atoms with van der Waals surface area (Å²) in [5.41, 5.74) is -1.26. The Bertz CT molecular complexity index is 584. The standard InChI is InChI=1S/C17H26F3N3O/c1-5-16(2,3)11-6-8-12(9-7-11)21-15(24)13-10-23(4)22-14(13)17(18,19)20/h10-12H,5-9H2,1-4H3,(H,21,24). The number of amides is 1. The number of alkyl halides is 3. The predicted molar refractivity (Wildman–Crippen MR) is 85.5 cm³/mol. The molecule has 7 heteroatoms. The van der Waals surface area contributed by atoms with Gasteiger partial charge < -0.3 is 5.32 Å². The van der Waals surface area contributed by atoms with Crippen LogP contribution in [0.25, 0.3) is 0 Å². The lowest BCUT2D eigenvalue weighted by atomic mass is 9.69. The van der Waals surface area contributed by atoms with E-state index in [-0.39, 0.29) is 11.5 Å². The molecule has 0 atom stereocenters. The molecule has 0 bridgehead atoms. The predicted octanol–water partition coefficient (Wildman–Crippen LogP) is 4.16. The highest BCUT2D eigenvalue weighted by Gasteiger charge is 2.39. The van der Waals surface area contributed by atoms with E-state index in [2.05, 4.69) is 31.2 Å². The maximum atomic E-state index is 13.0. The first-order valence-corrected chi connectivity index (χ1v) is 8.46. The van der Waals surface area contributed by atoms with Gasteiger partial charge in [-0.25, -0.2) is 0 Å². The number of aryl methyl sites for hydroxylation is 1. The van der Waals surface area contributed by atoms with Crippen molar-refractivity contribution in [2.75, 3.05) is 0 Å². The molecule has 1 fully saturated rings. The molecule has 0 aliphatic heterocycles. The third kappa shape index (κ3) is 4.11. The third-order valence-electron chi connectivity index (χ3n) is 5.42. The summed E-state index contributed by atoms with van der Waals surface area (Å²) in [5.74, 6) is -0.0894. The summed E-state index contributed by atoms with van der Waals surface area (Å²) >= 11 is 0. The van der Waals surface area contributed by atoms with Crippen LogP contribution < -0.4 is 5.32 Å². The maximum absolute atomic E-state index is 13.0. The summed E-state index contributed by atoms with van der Waals surface area (Å²) in [4.78, 5) is 12.3. The van der Waals surface area contributed by atoms with E-state index in [4.69, 9.17) is 0 Å². The number of nitrogens with one attached hydrogen (secondary N) is 1. The lowest BCUT2D eigenvalue weighted by molar-refractivity contribution is -0.141. The second kappa shape index (κ2) is 6.76. The van der Waals surface area contributed by atoms with E-state index in [1.54, 1.807) is 0 Å². The molecule has 1 aliphatic carbocycles. The highest BCUT2D eigenvalue weighted by atomic mass is 19.4. The minimum atomic E-state index is -4.63. The zero-order valence-electron chi connectivity index (χ0n) is 14.7. The molecular weight excluding hydrogens is 319 g/mol. The molecule has 1 aromatic heterocycles. The Morgan fingerprint density at radius 2 is 1.88 bits per heavy atom. The van der Waals surface area contributed by atoms with Gasteiger partial charge in [-0.05, 0) is 37.0 Å². The molecule has 0 unspecified atom stereocenters. The van der Waals surface area contributed by atoms with E-state index in [1.165, 1.54) is 7.05 Å². The average molecular weight is 345 g/mol. The summed E-state index contributed by atoms with van der Waals surface area (Å²) in [6.45, 7) is 6.68. The molecule has 1 aromatic rings. The maximum Gasteiger partial charge on any atom is 0.435 e. The number of carbonyl (C=O) groups excluding carboxylic acids is 1. The largest absolute Gasteiger partial charge is 0.435 e. The highest BCUT2D eigenvalue weighted by Crippen LogP contribution is 2.40. The minimum absolute atomic E-state index is 0.0669. The first kappa shape index (κ1) is 18.8. The van der Waals surface area contributed by atoms with E-state index < -0.39 is 23.3 Å². The molecule has 0 aromatic carbocycles. The lowest BCUT2D eigenvalue weighted by Crippen LogP contribution is -2.40. The van der Waals surface area contributed by atoms with Gasteiger partial charge in [0, 0.05) is 19.3 Å². The van der Waals surface area contributed by atoms with Gasteiger partial charge in [-0.1, -0.05) is 27.2 Å². The van der Waals surface area contributed by atoms with Gasteiger partial charge in [-0.3, -0.25) is 9.48 Å². The first-order valence-electron chi connectivity index (χ1n) is 8.46. The molecule has 1 heterocycles. The Morgan fingerprint density at radius 1 is 1.29 bits per heavy atom. The summed E-state index contributed by atoms with van der Waals surface area (Å²) in [6, 6.07) is -0.0669. The zero-order valence-corrected chi connectivity index (χ0v) is 14.7. The smallest absolute Gasteiger partial charge is 0.349 e. The van der Waals surface area contributed by atoms with Gasteiger partial charge in [0.2, 0.25) is 0 Å². The van der Waals surface area contributed by atoms with Gasteiger partial charge >= 0.3 is 6.18 Å². The molecule has 1 aliphatic rings. The summed E-state index contributed by atoms with van der Waals surface area (Å²) in [5, 5.41) is 6.14. The number of carbonyl (C=O) groups is 1. The van der Waals surface area contributed by atoms with Crippen molar-refractivity contribution in [1.82, 2.24) is 15.1 Å². The molecule has 4 nitrogen and oxygen atoms in total. The number of aromatic nitrogens is 2. The van der Waals surface area contributed by atoms with Crippen LogP contribution in [0.2, 0.25) is 0 Å². The molecule has 136 valence electrons. The molecule has 0 saturated heterocycles. The highest BCUT2D eigenvalue weighted by molar-refractivity contribution is 5.95. The minimum Gasteiger partial charge on any atom is -0.349 e. The molecule has 0 spiro atoms. The van der Waals surface area contributed by atoms with E-state index >= 15 is 0 Å². The Hall–Kier alpha value is -1.53. The van der Waals surface area contributed by atoms with Crippen LogP contribution in [0, 0.1) is 11.3 Å². The number of nitrogens with zero attached hydrogens (tertiary/aromatic N) is 2. The van der Waals surface area contributed by atoms with Crippen molar-refractivity contribution in [1.29, 1.82) is 0 Å². The van der Waals surface area contributed by atoms with E-state index in [0.717, 1.165) is 43.0 Å². The summed E-state index contributed by atoms with van der Waals surface area (Å²) < 4.78 is 39.9. The molecule has 2 rings (SSSR count). The molecule has 0 radical (unpaired) electrons. The molecular formula is C17H26F3N3O. The summed E-state index contributed by atoms with van der Waals surface area (Å²) in [6.07, 6.45) is 1.19. The number of hydrogen-bond acceptors (Lipinski definition) is 2. The first-order chi connectivity index (χ1) is 11.0. The Kier molecular flexibility index (Phi) is 5.30. The van der Waals surface area contributed by atoms with Crippen molar-refractivity contribution in [2.45, 2.75) is 65.1 Å². The van der Waals surface area contributed by atoms with Crippen LogP contribution in [-0.2, 0) is 13.2 Å². The van der Waals surface area contributed by atoms with Crippen LogP contribution in [0.4, 0.5) is 13.2 Å². The van der Waals surface area contributed by atoms with Crippen molar-refractivity contribution in [3.05, 3.63) is 17.5 Å². The van der Waals surface area contributed by atoms with Gasteiger partial charge in [-0.2, -0.15) is 18.3 Å². The Balaban J connectivity index is 2.00. The quantitative estimate of drug-likeness (QED) is 0.890.